The van der Waals surface area contributed by atoms with Crippen LogP contribution in [0.4, 0.5) is 0 Å². The second-order valence-electron chi connectivity index (χ2n) is 6.00. The van der Waals surface area contributed by atoms with Gasteiger partial charge in [0.15, 0.2) is 0 Å². The van der Waals surface area contributed by atoms with E-state index in [9.17, 15) is 0 Å². The molecule has 0 N–H and O–H groups in total. The van der Waals surface area contributed by atoms with E-state index in [0.717, 1.165) is 18.8 Å². The van der Waals surface area contributed by atoms with E-state index in [1.54, 1.807) is 0 Å². The van der Waals surface area contributed by atoms with Crippen LogP contribution in [-0.4, -0.2) is 6.61 Å². The van der Waals surface area contributed by atoms with Crippen LogP contribution in [0.3, 0.4) is 0 Å². The SMILES string of the molecule is CC(C)(C)c1[c-]cc2c(c1)CCCCCCO2.[Re]. The number of benzene rings is 1. The number of hydrogen-bond donors (Lipinski definition) is 0. The third-order valence-corrected chi connectivity index (χ3v) is 3.40. The Morgan fingerprint density at radius 2 is 1.83 bits per heavy atom. The molecule has 1 heterocycles. The monoisotopic (exact) mass is 418 g/mol. The summed E-state index contributed by atoms with van der Waals surface area (Å²) >= 11 is 0. The summed E-state index contributed by atoms with van der Waals surface area (Å²) in [6, 6.07) is 7.72. The summed E-state index contributed by atoms with van der Waals surface area (Å²) in [6.45, 7) is 7.57. The normalized spacial score (nSPS) is 16.4. The molecule has 0 saturated heterocycles. The van der Waals surface area contributed by atoms with E-state index in [-0.39, 0.29) is 25.8 Å². The minimum atomic E-state index is 0. The van der Waals surface area contributed by atoms with E-state index in [1.807, 2.05) is 6.07 Å². The summed E-state index contributed by atoms with van der Waals surface area (Å²) in [5.41, 5.74) is 2.84. The molecule has 0 unspecified atom stereocenters. The standard InChI is InChI=1S/C16H23O.Re/c1-16(2,3)14-9-10-15-13(12-14)8-6-4-5-7-11-17-15;/h10,12H,4-8,11H2,1-3H3;/q-1;. The molecule has 1 radical (unpaired) electrons. The molecule has 0 fully saturated rings. The van der Waals surface area contributed by atoms with E-state index in [1.165, 1.54) is 36.8 Å². The average Bonchev–Trinajstić information content (AvgIpc) is 2.38. The number of hydrogen-bond acceptors (Lipinski definition) is 1. The van der Waals surface area contributed by atoms with Crippen molar-refractivity contribution in [1.82, 2.24) is 0 Å². The van der Waals surface area contributed by atoms with Crippen molar-refractivity contribution in [3.8, 4) is 5.75 Å². The Morgan fingerprint density at radius 3 is 2.56 bits per heavy atom. The molecule has 1 aromatic carbocycles. The van der Waals surface area contributed by atoms with Crippen molar-refractivity contribution >= 4 is 0 Å². The third-order valence-electron chi connectivity index (χ3n) is 3.40. The predicted molar refractivity (Wildman–Crippen MR) is 71.6 cm³/mol. The summed E-state index contributed by atoms with van der Waals surface area (Å²) < 4.78 is 5.84. The molecule has 101 valence electrons. The van der Waals surface area contributed by atoms with Crippen LogP contribution in [0.15, 0.2) is 12.1 Å². The van der Waals surface area contributed by atoms with Gasteiger partial charge in [-0.3, -0.25) is 0 Å². The van der Waals surface area contributed by atoms with Gasteiger partial charge in [-0.2, -0.15) is 17.7 Å². The van der Waals surface area contributed by atoms with E-state index >= 15 is 0 Å². The van der Waals surface area contributed by atoms with Crippen molar-refractivity contribution < 1.29 is 25.2 Å². The quantitative estimate of drug-likeness (QED) is 0.573. The molecule has 18 heavy (non-hydrogen) atoms. The Morgan fingerprint density at radius 1 is 1.11 bits per heavy atom. The largest absolute Gasteiger partial charge is 0.551 e. The average molecular weight is 418 g/mol. The van der Waals surface area contributed by atoms with Gasteiger partial charge >= 0.3 is 0 Å². The van der Waals surface area contributed by atoms with Crippen molar-refractivity contribution in [2.24, 2.45) is 0 Å². The van der Waals surface area contributed by atoms with Crippen molar-refractivity contribution in [3.63, 3.8) is 0 Å². The molecule has 0 aliphatic carbocycles. The first kappa shape index (κ1) is 15.7. The Kier molecular flexibility index (Phi) is 5.89. The van der Waals surface area contributed by atoms with Crippen LogP contribution in [-0.2, 0) is 32.3 Å². The minimum absolute atomic E-state index is 0. The molecule has 1 aromatic rings. The van der Waals surface area contributed by atoms with Crippen LogP contribution in [0.2, 0.25) is 0 Å². The van der Waals surface area contributed by atoms with Crippen LogP contribution >= 0.6 is 0 Å². The first-order chi connectivity index (χ1) is 8.07. The van der Waals surface area contributed by atoms with Gasteiger partial charge < -0.3 is 4.74 Å². The second-order valence-corrected chi connectivity index (χ2v) is 6.00. The summed E-state index contributed by atoms with van der Waals surface area (Å²) in [6.07, 6.45) is 6.23. The number of ether oxygens (including phenoxy) is 1. The van der Waals surface area contributed by atoms with Gasteiger partial charge in [-0.05, 0) is 18.3 Å². The van der Waals surface area contributed by atoms with Gasteiger partial charge in [0.2, 0.25) is 0 Å². The summed E-state index contributed by atoms with van der Waals surface area (Å²) in [4.78, 5) is 0. The van der Waals surface area contributed by atoms with Crippen molar-refractivity contribution in [2.45, 2.75) is 58.3 Å². The van der Waals surface area contributed by atoms with Gasteiger partial charge in [-0.15, -0.1) is 11.6 Å². The molecule has 0 saturated carbocycles. The molecular formula is C16H23ORe-. The fraction of sp³-hybridized carbons (Fsp3) is 0.625. The Balaban J connectivity index is 0.00000162. The smallest absolute Gasteiger partial charge is 0.0714 e. The maximum Gasteiger partial charge on any atom is 0.0714 e. The molecule has 2 heteroatoms. The molecule has 2 rings (SSSR count). The van der Waals surface area contributed by atoms with E-state index in [4.69, 9.17) is 4.74 Å². The summed E-state index contributed by atoms with van der Waals surface area (Å²) in [5, 5.41) is 0. The van der Waals surface area contributed by atoms with Crippen molar-refractivity contribution in [2.75, 3.05) is 6.61 Å². The van der Waals surface area contributed by atoms with Crippen LogP contribution in [0.5, 0.6) is 5.75 Å². The molecule has 0 aromatic heterocycles. The van der Waals surface area contributed by atoms with Crippen LogP contribution in [0.25, 0.3) is 0 Å². The zero-order valence-corrected chi connectivity index (χ0v) is 14.4. The first-order valence-corrected chi connectivity index (χ1v) is 6.75. The molecule has 1 nitrogen and oxygen atoms in total. The topological polar surface area (TPSA) is 9.23 Å². The molecule has 1 aliphatic rings. The maximum atomic E-state index is 5.84. The van der Waals surface area contributed by atoms with Crippen molar-refractivity contribution in [1.29, 1.82) is 0 Å². The van der Waals surface area contributed by atoms with Gasteiger partial charge in [0.05, 0.1) is 6.61 Å². The summed E-state index contributed by atoms with van der Waals surface area (Å²) in [5.74, 6) is 1.06. The van der Waals surface area contributed by atoms with Crippen LogP contribution < -0.4 is 4.74 Å². The summed E-state index contributed by atoms with van der Waals surface area (Å²) in [7, 11) is 0. The fourth-order valence-electron chi connectivity index (χ4n) is 2.24. The van der Waals surface area contributed by atoms with Gasteiger partial charge in [-0.25, -0.2) is 0 Å². The number of rotatable bonds is 0. The van der Waals surface area contributed by atoms with Crippen molar-refractivity contribution in [3.05, 3.63) is 29.3 Å². The fourth-order valence-corrected chi connectivity index (χ4v) is 2.24. The van der Waals surface area contributed by atoms with Gasteiger partial charge in [0.1, 0.15) is 0 Å². The molecule has 0 bridgehead atoms. The third kappa shape index (κ3) is 4.11. The van der Waals surface area contributed by atoms with Crippen LogP contribution in [0.1, 0.15) is 57.6 Å². The predicted octanol–water partition coefficient (Wildman–Crippen LogP) is 4.28. The van der Waals surface area contributed by atoms with Gasteiger partial charge in [0, 0.05) is 26.2 Å². The molecular weight excluding hydrogens is 394 g/mol. The van der Waals surface area contributed by atoms with Crippen LogP contribution in [0, 0.1) is 6.07 Å². The molecule has 0 spiro atoms. The first-order valence-electron chi connectivity index (χ1n) is 6.75. The minimum Gasteiger partial charge on any atom is -0.551 e. The molecule has 1 aliphatic heterocycles. The molecule has 0 atom stereocenters. The Bertz CT molecular complexity index is 379. The van der Waals surface area contributed by atoms with Gasteiger partial charge in [-0.1, -0.05) is 40.0 Å². The number of fused-ring (bicyclic) bond motifs is 1. The van der Waals surface area contributed by atoms with E-state index < -0.39 is 0 Å². The Labute approximate surface area is 125 Å². The Hall–Kier alpha value is -0.318. The molecule has 0 amide bonds. The number of aryl methyl sites for hydroxylation is 1. The van der Waals surface area contributed by atoms with E-state index in [2.05, 4.69) is 32.9 Å². The maximum absolute atomic E-state index is 5.84. The van der Waals surface area contributed by atoms with E-state index in [0.29, 0.717) is 0 Å². The second kappa shape index (κ2) is 6.73. The zero-order chi connectivity index (χ0) is 12.3. The zero-order valence-electron chi connectivity index (χ0n) is 11.7. The van der Waals surface area contributed by atoms with Gasteiger partial charge in [0.25, 0.3) is 0 Å².